The molecule has 0 bridgehead atoms. The zero-order valence-corrected chi connectivity index (χ0v) is 17.6. The van der Waals surface area contributed by atoms with Gasteiger partial charge < -0.3 is 14.0 Å². The number of halogens is 1. The number of ether oxygens (including phenoxy) is 2. The average molecular weight is 473 g/mol. The van der Waals surface area contributed by atoms with E-state index >= 15 is 0 Å². The number of rotatable bonds is 5. The van der Waals surface area contributed by atoms with Crippen LogP contribution < -0.4 is 14.6 Å². The predicted molar refractivity (Wildman–Crippen MR) is 105 cm³/mol. The minimum atomic E-state index is -3.84. The van der Waals surface area contributed by atoms with Crippen LogP contribution in [0.1, 0.15) is 23.4 Å². The number of thioether (sulfide) groups is 1. The number of hydrogen-bond acceptors (Lipinski definition) is 7. The van der Waals surface area contributed by atoms with Gasteiger partial charge >= 0.3 is 0 Å². The molecule has 1 aromatic heterocycles. The van der Waals surface area contributed by atoms with Crippen molar-refractivity contribution in [1.29, 1.82) is 0 Å². The van der Waals surface area contributed by atoms with Crippen LogP contribution in [0.15, 0.2) is 38.7 Å². The first-order valence-electron chi connectivity index (χ1n) is 8.18. The summed E-state index contributed by atoms with van der Waals surface area (Å²) in [5.41, 5.74) is 1.67. The summed E-state index contributed by atoms with van der Waals surface area (Å²) in [5, 5.41) is 10.4. The predicted octanol–water partition coefficient (Wildman–Crippen LogP) is 3.22. The third-order valence-electron chi connectivity index (χ3n) is 4.74. The fraction of sp³-hybridized carbons (Fsp3) is 0.353. The van der Waals surface area contributed by atoms with Gasteiger partial charge in [0, 0.05) is 0 Å². The Kier molecular flexibility index (Phi) is 4.77. The highest BCUT2D eigenvalue weighted by atomic mass is 79.9. The van der Waals surface area contributed by atoms with Gasteiger partial charge in [0.2, 0.25) is 16.8 Å². The standard InChI is InChI=1S/C17H17BrN2O5S2/c1-10-15(18)16(25-20-10)17(14(5-7-26-17)27(19,21)22)6-4-11-2-3-12-13(8-11)24-9-23-12/h2-3,5,7-8,14H,4,6,9H2,1H3,(H2,19,21,22). The third-order valence-corrected chi connectivity index (χ3v) is 8.45. The Morgan fingerprint density at radius 1 is 1.37 bits per heavy atom. The average Bonchev–Trinajstić information content (AvgIpc) is 3.32. The highest BCUT2D eigenvalue weighted by Crippen LogP contribution is 2.53. The third kappa shape index (κ3) is 3.28. The molecular weight excluding hydrogens is 456 g/mol. The fourth-order valence-electron chi connectivity index (χ4n) is 3.37. The minimum Gasteiger partial charge on any atom is -0.454 e. The van der Waals surface area contributed by atoms with E-state index in [4.69, 9.17) is 19.1 Å². The molecule has 4 rings (SSSR count). The van der Waals surface area contributed by atoms with E-state index in [1.54, 1.807) is 18.4 Å². The van der Waals surface area contributed by atoms with Gasteiger partial charge in [0.05, 0.1) is 10.2 Å². The molecule has 0 aliphatic carbocycles. The fourth-order valence-corrected chi connectivity index (χ4v) is 6.88. The first-order valence-corrected chi connectivity index (χ1v) is 11.5. The summed E-state index contributed by atoms with van der Waals surface area (Å²) in [6, 6.07) is 5.71. The maximum atomic E-state index is 12.3. The molecule has 0 fully saturated rings. The van der Waals surface area contributed by atoms with Gasteiger partial charge in [-0.1, -0.05) is 17.3 Å². The number of aromatic nitrogens is 1. The highest BCUT2D eigenvalue weighted by molar-refractivity contribution is 9.10. The Hall–Kier alpha value is -1.49. The molecule has 2 aromatic rings. The molecule has 1 aromatic carbocycles. The molecule has 2 atom stereocenters. The lowest BCUT2D eigenvalue weighted by atomic mass is 9.92. The van der Waals surface area contributed by atoms with Crippen molar-refractivity contribution in [2.75, 3.05) is 6.79 Å². The van der Waals surface area contributed by atoms with Crippen LogP contribution in [0, 0.1) is 6.92 Å². The summed E-state index contributed by atoms with van der Waals surface area (Å²) in [6.45, 7) is 2.00. The largest absolute Gasteiger partial charge is 0.454 e. The lowest BCUT2D eigenvalue weighted by molar-refractivity contribution is 0.174. The van der Waals surface area contributed by atoms with Crippen LogP contribution in [0.5, 0.6) is 11.5 Å². The quantitative estimate of drug-likeness (QED) is 0.711. The minimum absolute atomic E-state index is 0.209. The summed E-state index contributed by atoms with van der Waals surface area (Å²) in [7, 11) is -3.84. The van der Waals surface area contributed by atoms with E-state index in [0.29, 0.717) is 40.3 Å². The first kappa shape index (κ1) is 18.9. The second-order valence-electron chi connectivity index (χ2n) is 6.44. The molecule has 2 N–H and O–H groups in total. The van der Waals surface area contributed by atoms with Crippen LogP contribution in [0.4, 0.5) is 0 Å². The molecule has 2 aliphatic heterocycles. The first-order chi connectivity index (χ1) is 12.8. The molecule has 7 nitrogen and oxygen atoms in total. The number of primary sulfonamides is 1. The van der Waals surface area contributed by atoms with E-state index in [0.717, 1.165) is 5.56 Å². The zero-order valence-electron chi connectivity index (χ0n) is 14.3. The van der Waals surface area contributed by atoms with Gasteiger partial charge in [-0.05, 0) is 58.8 Å². The molecule has 144 valence electrons. The Balaban J connectivity index is 1.70. The molecule has 3 heterocycles. The lowest BCUT2D eigenvalue weighted by Crippen LogP contribution is -2.42. The second kappa shape index (κ2) is 6.84. The summed E-state index contributed by atoms with van der Waals surface area (Å²) in [4.78, 5) is 0. The highest BCUT2D eigenvalue weighted by Gasteiger charge is 2.52. The molecule has 2 aliphatic rings. The number of fused-ring (bicyclic) bond motifs is 1. The van der Waals surface area contributed by atoms with Crippen LogP contribution in [0.3, 0.4) is 0 Å². The van der Waals surface area contributed by atoms with Crippen LogP contribution >= 0.6 is 27.7 Å². The Morgan fingerprint density at radius 2 is 2.15 bits per heavy atom. The van der Waals surface area contributed by atoms with E-state index in [1.807, 2.05) is 18.2 Å². The van der Waals surface area contributed by atoms with E-state index in [2.05, 4.69) is 21.1 Å². The smallest absolute Gasteiger partial charge is 0.231 e. The molecule has 0 spiro atoms. The van der Waals surface area contributed by atoms with Gasteiger partial charge in [-0.15, -0.1) is 11.8 Å². The maximum absolute atomic E-state index is 12.3. The summed E-state index contributed by atoms with van der Waals surface area (Å²) in [5.74, 6) is 1.88. The van der Waals surface area contributed by atoms with Crippen molar-refractivity contribution >= 4 is 37.7 Å². The van der Waals surface area contributed by atoms with E-state index in [9.17, 15) is 8.42 Å². The van der Waals surface area contributed by atoms with E-state index < -0.39 is 20.0 Å². The van der Waals surface area contributed by atoms with Crippen molar-refractivity contribution in [2.24, 2.45) is 5.14 Å². The van der Waals surface area contributed by atoms with Gasteiger partial charge in [0.1, 0.15) is 10.00 Å². The number of hydrogen-bond donors (Lipinski definition) is 1. The van der Waals surface area contributed by atoms with Crippen molar-refractivity contribution in [3.63, 3.8) is 0 Å². The molecule has 0 amide bonds. The lowest BCUT2D eigenvalue weighted by Gasteiger charge is -2.31. The molecule has 0 saturated heterocycles. The van der Waals surface area contributed by atoms with E-state index in [1.165, 1.54) is 11.8 Å². The SMILES string of the molecule is Cc1noc(C2(CCc3ccc4c(c3)OCO4)SC=CC2S(N)(=O)=O)c1Br. The Morgan fingerprint density at radius 3 is 2.85 bits per heavy atom. The number of nitrogens with zero attached hydrogens (tertiary/aromatic N) is 1. The van der Waals surface area contributed by atoms with E-state index in [-0.39, 0.29) is 6.79 Å². The van der Waals surface area contributed by atoms with Gasteiger partial charge in [-0.25, -0.2) is 13.6 Å². The Labute approximate surface area is 169 Å². The van der Waals surface area contributed by atoms with Crippen molar-refractivity contribution in [2.45, 2.75) is 29.8 Å². The van der Waals surface area contributed by atoms with Gasteiger partial charge in [-0.3, -0.25) is 0 Å². The van der Waals surface area contributed by atoms with Gasteiger partial charge in [0.15, 0.2) is 17.3 Å². The maximum Gasteiger partial charge on any atom is 0.231 e. The van der Waals surface area contributed by atoms with Gasteiger partial charge in [0.25, 0.3) is 0 Å². The number of aryl methyl sites for hydroxylation is 2. The summed E-state index contributed by atoms with van der Waals surface area (Å²) < 4.78 is 40.7. The zero-order chi connectivity index (χ0) is 19.2. The number of sulfonamides is 1. The molecule has 0 radical (unpaired) electrons. The van der Waals surface area contributed by atoms with Crippen LogP contribution in [0.25, 0.3) is 0 Å². The van der Waals surface area contributed by atoms with Crippen molar-refractivity contribution in [3.8, 4) is 11.5 Å². The molecule has 2 unspecified atom stereocenters. The monoisotopic (exact) mass is 472 g/mol. The summed E-state index contributed by atoms with van der Waals surface area (Å²) in [6.07, 6.45) is 2.70. The Bertz CT molecular complexity index is 1020. The van der Waals surface area contributed by atoms with Crippen molar-refractivity contribution < 1.29 is 22.4 Å². The summed E-state index contributed by atoms with van der Waals surface area (Å²) >= 11 is 4.88. The van der Waals surface area contributed by atoms with Crippen LogP contribution in [-0.2, 0) is 21.2 Å². The number of benzene rings is 1. The second-order valence-corrected chi connectivity index (χ2v) is 10.2. The van der Waals surface area contributed by atoms with Crippen molar-refractivity contribution in [3.05, 3.63) is 51.2 Å². The van der Waals surface area contributed by atoms with Crippen LogP contribution in [-0.4, -0.2) is 25.6 Å². The molecule has 27 heavy (non-hydrogen) atoms. The van der Waals surface area contributed by atoms with Crippen molar-refractivity contribution in [1.82, 2.24) is 5.16 Å². The normalized spacial score (nSPS) is 23.9. The topological polar surface area (TPSA) is 105 Å². The van der Waals surface area contributed by atoms with Crippen LogP contribution in [0.2, 0.25) is 0 Å². The molecule has 10 heteroatoms. The van der Waals surface area contributed by atoms with Gasteiger partial charge in [-0.2, -0.15) is 0 Å². The molecular formula is C17H17BrN2O5S2. The number of nitrogens with two attached hydrogens (primary N) is 1. The molecule has 0 saturated carbocycles.